The molecule has 1 fully saturated rings. The molecular weight excluding hydrogens is 402 g/mol. The van der Waals surface area contributed by atoms with Gasteiger partial charge >= 0.3 is 0 Å². The van der Waals surface area contributed by atoms with Crippen LogP contribution >= 0.6 is 11.8 Å². The third-order valence-corrected chi connectivity index (χ3v) is 6.45. The van der Waals surface area contributed by atoms with Crippen LogP contribution in [0.1, 0.15) is 6.42 Å². The molecule has 0 radical (unpaired) electrons. The SMILES string of the molecule is COc1ccccc1N1CCN(CCCSc2nc3c(cnn3C)c(=O)n2N)CC1. The van der Waals surface area contributed by atoms with E-state index in [1.54, 1.807) is 18.8 Å². The van der Waals surface area contributed by atoms with E-state index in [1.807, 2.05) is 12.1 Å². The second-order valence-electron chi connectivity index (χ2n) is 7.28. The maximum absolute atomic E-state index is 12.3. The monoisotopic (exact) mass is 429 g/mol. The Morgan fingerprint density at radius 1 is 1.20 bits per heavy atom. The lowest BCUT2D eigenvalue weighted by Gasteiger charge is -2.36. The van der Waals surface area contributed by atoms with Gasteiger partial charge in [-0.2, -0.15) is 5.10 Å². The van der Waals surface area contributed by atoms with E-state index < -0.39 is 0 Å². The molecule has 2 aromatic heterocycles. The predicted octanol–water partition coefficient (Wildman–Crippen LogP) is 1.16. The van der Waals surface area contributed by atoms with Gasteiger partial charge in [0, 0.05) is 39.0 Å². The summed E-state index contributed by atoms with van der Waals surface area (Å²) >= 11 is 1.51. The van der Waals surface area contributed by atoms with Gasteiger partial charge < -0.3 is 15.5 Å². The van der Waals surface area contributed by atoms with Crippen LogP contribution in [0.5, 0.6) is 5.75 Å². The number of anilines is 1. The molecule has 0 atom stereocenters. The van der Waals surface area contributed by atoms with Gasteiger partial charge in [-0.05, 0) is 25.1 Å². The summed E-state index contributed by atoms with van der Waals surface area (Å²) in [5.41, 5.74) is 1.47. The molecule has 1 aliphatic heterocycles. The van der Waals surface area contributed by atoms with Crippen molar-refractivity contribution in [1.29, 1.82) is 0 Å². The standard InChI is InChI=1S/C20H27N7O2S/c1-24-18-15(14-22-24)19(28)27(21)20(23-18)30-13-5-8-25-9-11-26(12-10-25)16-6-3-4-7-17(16)29-2/h3-4,6-7,14H,5,8-13,21H2,1-2H3. The van der Waals surface area contributed by atoms with Gasteiger partial charge in [-0.25, -0.2) is 9.66 Å². The van der Waals surface area contributed by atoms with E-state index in [9.17, 15) is 4.79 Å². The second-order valence-corrected chi connectivity index (χ2v) is 8.34. The van der Waals surface area contributed by atoms with Crippen molar-refractivity contribution in [3.8, 4) is 5.75 Å². The van der Waals surface area contributed by atoms with Gasteiger partial charge in [-0.1, -0.05) is 23.9 Å². The van der Waals surface area contributed by atoms with Gasteiger partial charge in [0.1, 0.15) is 11.1 Å². The fourth-order valence-electron chi connectivity index (χ4n) is 3.73. The smallest absolute Gasteiger partial charge is 0.283 e. The number of aromatic nitrogens is 4. The van der Waals surface area contributed by atoms with Gasteiger partial charge in [0.15, 0.2) is 10.8 Å². The lowest BCUT2D eigenvalue weighted by Crippen LogP contribution is -2.46. The Balaban J connectivity index is 1.27. The number of hydrogen-bond acceptors (Lipinski definition) is 8. The van der Waals surface area contributed by atoms with Crippen molar-refractivity contribution < 1.29 is 4.74 Å². The minimum absolute atomic E-state index is 0.261. The number of ether oxygens (including phenoxy) is 1. The topological polar surface area (TPSA) is 94.4 Å². The van der Waals surface area contributed by atoms with E-state index in [0.29, 0.717) is 16.2 Å². The van der Waals surface area contributed by atoms with E-state index in [-0.39, 0.29) is 5.56 Å². The molecule has 3 heterocycles. The molecule has 30 heavy (non-hydrogen) atoms. The van der Waals surface area contributed by atoms with Gasteiger partial charge in [-0.15, -0.1) is 0 Å². The first-order valence-electron chi connectivity index (χ1n) is 10.0. The van der Waals surface area contributed by atoms with Gasteiger partial charge in [-0.3, -0.25) is 14.4 Å². The first kappa shape index (κ1) is 20.5. The Kier molecular flexibility index (Phi) is 6.14. The van der Waals surface area contributed by atoms with Crippen LogP contribution in [0.2, 0.25) is 0 Å². The van der Waals surface area contributed by atoms with Gasteiger partial charge in [0.2, 0.25) is 0 Å². The van der Waals surface area contributed by atoms with Crippen molar-refractivity contribution in [3.05, 3.63) is 40.8 Å². The van der Waals surface area contributed by atoms with E-state index in [2.05, 4.69) is 32.0 Å². The molecule has 0 bridgehead atoms. The molecule has 0 spiro atoms. The number of hydrogen-bond donors (Lipinski definition) is 1. The van der Waals surface area contributed by atoms with Crippen molar-refractivity contribution in [3.63, 3.8) is 0 Å². The molecule has 0 unspecified atom stereocenters. The molecule has 3 aromatic rings. The minimum atomic E-state index is -0.261. The number of para-hydroxylation sites is 2. The number of thioether (sulfide) groups is 1. The summed E-state index contributed by atoms with van der Waals surface area (Å²) in [6.45, 7) is 5.01. The highest BCUT2D eigenvalue weighted by molar-refractivity contribution is 7.99. The van der Waals surface area contributed by atoms with Gasteiger partial charge in [0.25, 0.3) is 5.56 Å². The maximum Gasteiger partial charge on any atom is 0.283 e. The number of piperazine rings is 1. The van der Waals surface area contributed by atoms with E-state index in [1.165, 1.54) is 18.0 Å². The number of nitrogen functional groups attached to an aromatic ring is 1. The quantitative estimate of drug-likeness (QED) is 0.259. The van der Waals surface area contributed by atoms with Crippen LogP contribution in [-0.4, -0.2) is 69.9 Å². The molecule has 1 aromatic carbocycles. The molecule has 10 heteroatoms. The number of nitrogens with zero attached hydrogens (tertiary/aromatic N) is 6. The summed E-state index contributed by atoms with van der Waals surface area (Å²) in [6, 6.07) is 8.17. The molecular formula is C20H27N7O2S. The molecule has 0 amide bonds. The van der Waals surface area contributed by atoms with Crippen molar-refractivity contribution in [1.82, 2.24) is 24.3 Å². The van der Waals surface area contributed by atoms with Crippen molar-refractivity contribution in [2.45, 2.75) is 11.6 Å². The Morgan fingerprint density at radius 2 is 1.97 bits per heavy atom. The molecule has 4 rings (SSSR count). The van der Waals surface area contributed by atoms with Gasteiger partial charge in [0.05, 0.1) is 19.0 Å². The molecule has 9 nitrogen and oxygen atoms in total. The Morgan fingerprint density at radius 3 is 2.73 bits per heavy atom. The fourth-order valence-corrected chi connectivity index (χ4v) is 4.56. The molecule has 1 aliphatic rings. The zero-order chi connectivity index (χ0) is 21.1. The molecule has 2 N–H and O–H groups in total. The molecule has 0 saturated carbocycles. The van der Waals surface area contributed by atoms with Crippen LogP contribution in [0.4, 0.5) is 5.69 Å². The minimum Gasteiger partial charge on any atom is -0.495 e. The Hall–Kier alpha value is -2.72. The molecule has 160 valence electrons. The molecule has 1 saturated heterocycles. The zero-order valence-electron chi connectivity index (χ0n) is 17.3. The van der Waals surface area contributed by atoms with Crippen LogP contribution in [0.25, 0.3) is 11.0 Å². The lowest BCUT2D eigenvalue weighted by molar-refractivity contribution is 0.258. The van der Waals surface area contributed by atoms with E-state index in [4.69, 9.17) is 10.6 Å². The second kappa shape index (κ2) is 8.97. The summed E-state index contributed by atoms with van der Waals surface area (Å²) in [7, 11) is 3.49. The zero-order valence-corrected chi connectivity index (χ0v) is 18.1. The predicted molar refractivity (Wildman–Crippen MR) is 120 cm³/mol. The van der Waals surface area contributed by atoms with Crippen LogP contribution in [-0.2, 0) is 7.05 Å². The number of aryl methyl sites for hydroxylation is 1. The lowest BCUT2D eigenvalue weighted by atomic mass is 10.2. The third-order valence-electron chi connectivity index (χ3n) is 5.41. The van der Waals surface area contributed by atoms with Crippen LogP contribution in [0.3, 0.4) is 0 Å². The summed E-state index contributed by atoms with van der Waals surface area (Å²) in [6.07, 6.45) is 2.51. The average molecular weight is 430 g/mol. The van der Waals surface area contributed by atoms with Crippen molar-refractivity contribution in [2.75, 3.05) is 56.3 Å². The fraction of sp³-hybridized carbons (Fsp3) is 0.450. The molecule has 0 aliphatic carbocycles. The number of rotatable bonds is 7. The highest BCUT2D eigenvalue weighted by Crippen LogP contribution is 2.28. The summed E-state index contributed by atoms with van der Waals surface area (Å²) in [5, 5.41) is 5.06. The summed E-state index contributed by atoms with van der Waals surface area (Å²) in [5.74, 6) is 7.71. The Bertz CT molecular complexity index is 1070. The number of fused-ring (bicyclic) bond motifs is 1. The highest BCUT2D eigenvalue weighted by Gasteiger charge is 2.19. The first-order valence-corrected chi connectivity index (χ1v) is 11.0. The summed E-state index contributed by atoms with van der Waals surface area (Å²) < 4.78 is 8.21. The van der Waals surface area contributed by atoms with Crippen LogP contribution < -0.4 is 21.0 Å². The van der Waals surface area contributed by atoms with E-state index in [0.717, 1.165) is 61.0 Å². The average Bonchev–Trinajstić information content (AvgIpc) is 3.15. The number of methoxy groups -OCH3 is 1. The number of benzene rings is 1. The van der Waals surface area contributed by atoms with Crippen LogP contribution in [0, 0.1) is 0 Å². The first-order chi connectivity index (χ1) is 14.6. The largest absolute Gasteiger partial charge is 0.495 e. The normalized spacial score (nSPS) is 15.1. The maximum atomic E-state index is 12.3. The van der Waals surface area contributed by atoms with Crippen molar-refractivity contribution >= 4 is 28.5 Å². The van der Waals surface area contributed by atoms with Crippen molar-refractivity contribution in [2.24, 2.45) is 7.05 Å². The highest BCUT2D eigenvalue weighted by atomic mass is 32.2. The summed E-state index contributed by atoms with van der Waals surface area (Å²) in [4.78, 5) is 21.7. The number of nitrogens with two attached hydrogens (primary N) is 1. The van der Waals surface area contributed by atoms with E-state index >= 15 is 0 Å². The van der Waals surface area contributed by atoms with Crippen LogP contribution in [0.15, 0.2) is 40.4 Å². The Labute approximate surface area is 179 Å². The third kappa shape index (κ3) is 4.10.